The van der Waals surface area contributed by atoms with Gasteiger partial charge in [0.1, 0.15) is 5.40 Å². The summed E-state index contributed by atoms with van der Waals surface area (Å²) in [6.07, 6.45) is 0. The molecule has 0 aliphatic carbocycles. The molecule has 0 aromatic heterocycles. The van der Waals surface area contributed by atoms with Crippen molar-refractivity contribution in [1.29, 1.82) is 5.26 Å². The van der Waals surface area contributed by atoms with Gasteiger partial charge < -0.3 is 0 Å². The fourth-order valence-electron chi connectivity index (χ4n) is 0. The number of thiocyanates is 1. The topological polar surface area (TPSA) is 23.8 Å². The second-order valence-corrected chi connectivity index (χ2v) is 1.57. The van der Waals surface area contributed by atoms with Crippen molar-refractivity contribution in [2.45, 2.75) is 0 Å². The zero-order valence-electron chi connectivity index (χ0n) is 2.06. The van der Waals surface area contributed by atoms with Crippen LogP contribution >= 0.6 is 10.1 Å². The Labute approximate surface area is 36.5 Å². The number of hydrogen-bond donors (Lipinski definition) is 0. The Kier molecular flexibility index (Phi) is 3.69. The third-order valence-corrected chi connectivity index (χ3v) is 0.581. The minimum Gasteiger partial charge on any atom is -0.187 e. The van der Waals surface area contributed by atoms with Gasteiger partial charge in [0.15, 0.2) is 0 Å². The quantitative estimate of drug-likeness (QED) is 0.306. The summed E-state index contributed by atoms with van der Waals surface area (Å²) in [7, 11) is 1.19. The van der Waals surface area contributed by atoms with Crippen LogP contribution in [-0.2, 0) is 0 Å². The molecule has 0 rings (SSSR count). The van der Waals surface area contributed by atoms with E-state index in [0.29, 0.717) is 0 Å². The molecule has 0 saturated carbocycles. The van der Waals surface area contributed by atoms with Gasteiger partial charge in [0.05, 0.1) is 0 Å². The van der Waals surface area contributed by atoms with Gasteiger partial charge >= 0.3 is 0 Å². The summed E-state index contributed by atoms with van der Waals surface area (Å²) in [5, 5.41) is 9.45. The lowest BCUT2D eigenvalue weighted by Crippen LogP contribution is -1.33. The van der Waals surface area contributed by atoms with E-state index in [9.17, 15) is 0 Å². The molecule has 0 unspecified atom stereocenters. The lowest BCUT2D eigenvalue weighted by atomic mass is 11.8. The van der Waals surface area contributed by atoms with Crippen molar-refractivity contribution in [3.8, 4) is 5.40 Å². The third kappa shape index (κ3) is 2.37. The molecule has 0 amide bonds. The Bertz CT molecular complexity index is 37.8. The van der Waals surface area contributed by atoms with Crippen LogP contribution < -0.4 is 0 Å². The van der Waals surface area contributed by atoms with Crippen LogP contribution in [-0.4, -0.2) is 15.2 Å². The van der Waals surface area contributed by atoms with Crippen LogP contribution in [0.5, 0.6) is 0 Å². The van der Waals surface area contributed by atoms with Crippen LogP contribution in [0.4, 0.5) is 0 Å². The second-order valence-electron chi connectivity index (χ2n) is 0.236. The lowest BCUT2D eigenvalue weighted by Gasteiger charge is -1.48. The number of nitriles is 1. The van der Waals surface area contributed by atoms with E-state index in [0.717, 1.165) is 0 Å². The molecule has 0 saturated heterocycles. The van der Waals surface area contributed by atoms with Gasteiger partial charge in [-0.3, -0.25) is 0 Å². The lowest BCUT2D eigenvalue weighted by molar-refractivity contribution is 1.57. The summed E-state index contributed by atoms with van der Waals surface area (Å²) < 4.78 is 0. The maximum Gasteiger partial charge on any atom is 0.299 e. The van der Waals surface area contributed by atoms with Crippen molar-refractivity contribution in [2.24, 2.45) is 0 Å². The molecule has 1 nitrogen and oxygen atoms in total. The summed E-state index contributed by atoms with van der Waals surface area (Å²) >= 11 is 1.58. The van der Waals surface area contributed by atoms with E-state index >= 15 is 0 Å². The molecule has 0 atom stereocenters. The summed E-state index contributed by atoms with van der Waals surface area (Å²) in [5.41, 5.74) is 0. The van der Waals surface area contributed by atoms with Gasteiger partial charge in [-0.15, -0.1) is 0 Å². The van der Waals surface area contributed by atoms with Gasteiger partial charge in [-0.25, -0.2) is 0 Å². The van der Waals surface area contributed by atoms with Gasteiger partial charge in [0.25, 0.3) is 15.2 Å². The largest absolute Gasteiger partial charge is 0.299 e. The fraction of sp³-hybridized carbons (Fsp3) is 0. The minimum atomic E-state index is 1.19. The van der Waals surface area contributed by atoms with Gasteiger partial charge in [-0.1, -0.05) is 0 Å². The summed E-state index contributed by atoms with van der Waals surface area (Å²) in [5.74, 6) is 0. The molecule has 1 radical (unpaired) electrons. The number of hydrogen-bond acceptors (Lipinski definition) is 2. The number of nitrogens with zero attached hydrogens (tertiary/aromatic N) is 1. The highest BCUT2D eigenvalue weighted by molar-refractivity contribution is 8.23. The van der Waals surface area contributed by atoms with Crippen molar-refractivity contribution >= 4 is 25.3 Å². The molecular weight excluding hydrogens is 85.1 g/mol. The molecule has 0 aliphatic heterocycles. The maximum atomic E-state index is 7.59. The van der Waals surface area contributed by atoms with Crippen molar-refractivity contribution in [2.75, 3.05) is 0 Å². The van der Waals surface area contributed by atoms with E-state index in [1.807, 2.05) is 5.40 Å². The van der Waals surface area contributed by atoms with Gasteiger partial charge in [-0.05, 0) is 0 Å². The zero-order valence-corrected chi connectivity index (χ0v) is 4.29. The van der Waals surface area contributed by atoms with Crippen LogP contribution in [0.15, 0.2) is 0 Å². The third-order valence-electron chi connectivity index (χ3n) is 0.0645. The van der Waals surface area contributed by atoms with E-state index in [4.69, 9.17) is 5.26 Å². The molecule has 0 fully saturated rings. The Morgan fingerprint density at radius 1 is 2.00 bits per heavy atom. The average Bonchev–Trinajstić information content (AvgIpc) is 1.37. The number of rotatable bonds is 0. The smallest absolute Gasteiger partial charge is 0.187 e. The molecule has 0 aromatic rings. The Morgan fingerprint density at radius 3 is 2.25 bits per heavy atom. The molecular formula is CHAlNS. The predicted molar refractivity (Wildman–Crippen MR) is 20.4 cm³/mol. The first-order valence-electron chi connectivity index (χ1n) is 0.716. The summed E-state index contributed by atoms with van der Waals surface area (Å²) in [4.78, 5) is 0. The molecule has 0 bridgehead atoms. The van der Waals surface area contributed by atoms with Crippen molar-refractivity contribution in [3.63, 3.8) is 0 Å². The average molecular weight is 86.1 g/mol. The van der Waals surface area contributed by atoms with Gasteiger partial charge in [0, 0.05) is 0 Å². The van der Waals surface area contributed by atoms with Crippen LogP contribution in [0.2, 0.25) is 0 Å². The van der Waals surface area contributed by atoms with Crippen LogP contribution in [0.3, 0.4) is 0 Å². The van der Waals surface area contributed by atoms with E-state index in [1.165, 1.54) is 10.1 Å². The molecule has 0 spiro atoms. The molecule has 3 heteroatoms. The normalized spacial score (nSPS) is 4.75. The maximum absolute atomic E-state index is 7.59. The molecule has 0 heterocycles. The molecule has 19 valence electrons. The highest BCUT2D eigenvalue weighted by Gasteiger charge is 1.50. The Balaban J connectivity index is 2.43. The molecule has 0 N–H and O–H groups in total. The minimum absolute atomic E-state index is 1.19. The standard InChI is InChI=1S/CHNS.Al.H/c2-1-3;;/h3H;;/q;+1;/p-1. The van der Waals surface area contributed by atoms with Crippen molar-refractivity contribution < 1.29 is 0 Å². The highest BCUT2D eigenvalue weighted by Crippen LogP contribution is 1.76. The van der Waals surface area contributed by atoms with E-state index in [1.54, 1.807) is 15.2 Å². The highest BCUT2D eigenvalue weighted by atomic mass is 32.3. The SMILES string of the molecule is N#C[S][AlH]. The van der Waals surface area contributed by atoms with Crippen molar-refractivity contribution in [3.05, 3.63) is 0 Å². The van der Waals surface area contributed by atoms with Crippen LogP contribution in [0.1, 0.15) is 0 Å². The summed E-state index contributed by atoms with van der Waals surface area (Å²) in [6.45, 7) is 0. The zero-order chi connectivity index (χ0) is 3.41. The molecule has 4 heavy (non-hydrogen) atoms. The van der Waals surface area contributed by atoms with E-state index in [-0.39, 0.29) is 0 Å². The second kappa shape index (κ2) is 3.37. The van der Waals surface area contributed by atoms with Crippen LogP contribution in [0, 0.1) is 10.7 Å². The summed E-state index contributed by atoms with van der Waals surface area (Å²) in [6, 6.07) is 0. The van der Waals surface area contributed by atoms with Gasteiger partial charge in [-0.2, -0.15) is 15.4 Å². The van der Waals surface area contributed by atoms with Gasteiger partial charge in [0.2, 0.25) is 0 Å². The monoisotopic (exact) mass is 86.0 g/mol. The first-order valence-corrected chi connectivity index (χ1v) is 3.43. The first-order chi connectivity index (χ1) is 1.91. The first kappa shape index (κ1) is 4.37. The Morgan fingerprint density at radius 2 is 2.25 bits per heavy atom. The fourth-order valence-corrected chi connectivity index (χ4v) is 0. The predicted octanol–water partition coefficient (Wildman–Crippen LogP) is 0.0165. The van der Waals surface area contributed by atoms with E-state index in [2.05, 4.69) is 0 Å². The molecule has 0 aliphatic rings. The van der Waals surface area contributed by atoms with E-state index < -0.39 is 0 Å². The van der Waals surface area contributed by atoms with Crippen LogP contribution in [0.25, 0.3) is 0 Å². The molecule has 0 aromatic carbocycles. The Hall–Kier alpha value is 0.372. The van der Waals surface area contributed by atoms with Crippen molar-refractivity contribution in [1.82, 2.24) is 0 Å².